The highest BCUT2D eigenvalue weighted by Crippen LogP contribution is 2.62. The van der Waals surface area contributed by atoms with Crippen molar-refractivity contribution < 1.29 is 0 Å². The van der Waals surface area contributed by atoms with Crippen molar-refractivity contribution in [1.29, 1.82) is 0 Å². The van der Waals surface area contributed by atoms with Crippen molar-refractivity contribution in [3.05, 3.63) is 34.4 Å². The van der Waals surface area contributed by atoms with E-state index in [1.54, 1.807) is 0 Å². The number of benzene rings is 1. The molecular formula is C17H27N. The second-order valence-corrected chi connectivity index (χ2v) is 7.12. The van der Waals surface area contributed by atoms with Crippen LogP contribution in [0.4, 0.5) is 0 Å². The molecule has 1 saturated carbocycles. The van der Waals surface area contributed by atoms with Crippen LogP contribution in [0, 0.1) is 31.6 Å². The first kappa shape index (κ1) is 13.6. The molecule has 2 rings (SSSR count). The van der Waals surface area contributed by atoms with Gasteiger partial charge in [-0.15, -0.1) is 0 Å². The Kier molecular flexibility index (Phi) is 3.09. The van der Waals surface area contributed by atoms with Gasteiger partial charge in [0.05, 0.1) is 0 Å². The van der Waals surface area contributed by atoms with Crippen LogP contribution in [0.15, 0.2) is 12.1 Å². The smallest absolute Gasteiger partial charge is 0.0211 e. The standard InChI is InChI=1S/C17H27N/c1-11-8-13(3)14(9-12(11)2)10-18-15-16(4,5)17(15,6)7/h8-9,15,18H,10H2,1-7H3. The first-order valence-corrected chi connectivity index (χ1v) is 6.98. The molecule has 0 aliphatic heterocycles. The zero-order valence-corrected chi connectivity index (χ0v) is 12.9. The van der Waals surface area contributed by atoms with Crippen molar-refractivity contribution in [1.82, 2.24) is 5.32 Å². The van der Waals surface area contributed by atoms with Gasteiger partial charge < -0.3 is 5.32 Å². The van der Waals surface area contributed by atoms with E-state index in [1.807, 2.05) is 0 Å². The van der Waals surface area contributed by atoms with Crippen LogP contribution in [-0.4, -0.2) is 6.04 Å². The molecule has 100 valence electrons. The summed E-state index contributed by atoms with van der Waals surface area (Å²) in [6, 6.07) is 5.27. The molecule has 0 saturated heterocycles. The predicted octanol–water partition coefficient (Wildman–Crippen LogP) is 4.14. The van der Waals surface area contributed by atoms with Crippen LogP contribution in [0.25, 0.3) is 0 Å². The molecule has 0 unspecified atom stereocenters. The topological polar surface area (TPSA) is 12.0 Å². The van der Waals surface area contributed by atoms with E-state index in [0.29, 0.717) is 16.9 Å². The van der Waals surface area contributed by atoms with Crippen molar-refractivity contribution in [2.24, 2.45) is 10.8 Å². The van der Waals surface area contributed by atoms with Gasteiger partial charge in [-0.05, 0) is 53.9 Å². The first-order valence-electron chi connectivity index (χ1n) is 6.98. The van der Waals surface area contributed by atoms with Gasteiger partial charge in [-0.25, -0.2) is 0 Å². The zero-order valence-electron chi connectivity index (χ0n) is 12.9. The minimum absolute atomic E-state index is 0.417. The summed E-state index contributed by atoms with van der Waals surface area (Å²) in [4.78, 5) is 0. The molecule has 1 aliphatic rings. The van der Waals surface area contributed by atoms with Crippen LogP contribution in [0.3, 0.4) is 0 Å². The van der Waals surface area contributed by atoms with Crippen LogP contribution >= 0.6 is 0 Å². The van der Waals surface area contributed by atoms with Gasteiger partial charge in [-0.1, -0.05) is 39.8 Å². The van der Waals surface area contributed by atoms with E-state index in [0.717, 1.165) is 6.54 Å². The molecule has 1 aromatic carbocycles. The quantitative estimate of drug-likeness (QED) is 0.844. The molecule has 0 aromatic heterocycles. The minimum atomic E-state index is 0.417. The van der Waals surface area contributed by atoms with Crippen LogP contribution in [0.5, 0.6) is 0 Å². The maximum absolute atomic E-state index is 3.74. The Bertz CT molecular complexity index is 455. The fourth-order valence-corrected chi connectivity index (χ4v) is 3.13. The summed E-state index contributed by atoms with van der Waals surface area (Å²) in [6.45, 7) is 17.0. The van der Waals surface area contributed by atoms with Crippen molar-refractivity contribution in [2.75, 3.05) is 0 Å². The Hall–Kier alpha value is -0.820. The molecule has 1 nitrogen and oxygen atoms in total. The van der Waals surface area contributed by atoms with Crippen molar-refractivity contribution >= 4 is 0 Å². The molecule has 1 heteroatoms. The van der Waals surface area contributed by atoms with E-state index in [4.69, 9.17) is 0 Å². The van der Waals surface area contributed by atoms with Crippen LogP contribution < -0.4 is 5.32 Å². The maximum Gasteiger partial charge on any atom is 0.0211 e. The molecule has 1 N–H and O–H groups in total. The van der Waals surface area contributed by atoms with Gasteiger partial charge in [0, 0.05) is 12.6 Å². The van der Waals surface area contributed by atoms with E-state index in [9.17, 15) is 0 Å². The number of aryl methyl sites for hydroxylation is 3. The number of hydrogen-bond acceptors (Lipinski definition) is 1. The average Bonchev–Trinajstić information content (AvgIpc) is 2.62. The van der Waals surface area contributed by atoms with E-state index in [1.165, 1.54) is 22.3 Å². The Morgan fingerprint density at radius 2 is 1.39 bits per heavy atom. The normalized spacial score (nSPS) is 21.1. The third-order valence-corrected chi connectivity index (χ3v) is 5.47. The first-order chi connectivity index (χ1) is 8.18. The van der Waals surface area contributed by atoms with E-state index in [2.05, 4.69) is 65.9 Å². The Morgan fingerprint density at radius 3 is 1.89 bits per heavy atom. The molecule has 0 spiro atoms. The molecule has 1 aliphatic carbocycles. The summed E-state index contributed by atoms with van der Waals surface area (Å²) < 4.78 is 0. The van der Waals surface area contributed by atoms with E-state index in [-0.39, 0.29) is 0 Å². The molecular weight excluding hydrogens is 218 g/mol. The summed E-state index contributed by atoms with van der Waals surface area (Å²) in [5.74, 6) is 0. The molecule has 0 amide bonds. The Morgan fingerprint density at radius 1 is 0.889 bits per heavy atom. The van der Waals surface area contributed by atoms with Gasteiger partial charge in [0.15, 0.2) is 0 Å². The summed E-state index contributed by atoms with van der Waals surface area (Å²) in [5, 5.41) is 3.74. The molecule has 0 bridgehead atoms. The number of hydrogen-bond donors (Lipinski definition) is 1. The van der Waals surface area contributed by atoms with Gasteiger partial charge in [-0.3, -0.25) is 0 Å². The predicted molar refractivity (Wildman–Crippen MR) is 78.8 cm³/mol. The minimum Gasteiger partial charge on any atom is -0.309 e. The highest BCUT2D eigenvalue weighted by Gasteiger charge is 2.64. The lowest BCUT2D eigenvalue weighted by atomic mass is 10.0. The van der Waals surface area contributed by atoms with E-state index < -0.39 is 0 Å². The molecule has 1 aromatic rings. The van der Waals surface area contributed by atoms with Gasteiger partial charge >= 0.3 is 0 Å². The van der Waals surface area contributed by atoms with E-state index >= 15 is 0 Å². The van der Waals surface area contributed by atoms with Crippen molar-refractivity contribution in [3.8, 4) is 0 Å². The average molecular weight is 245 g/mol. The monoisotopic (exact) mass is 245 g/mol. The SMILES string of the molecule is Cc1cc(C)c(CNC2C(C)(C)C2(C)C)cc1C. The highest BCUT2D eigenvalue weighted by molar-refractivity contribution is 5.36. The lowest BCUT2D eigenvalue weighted by Gasteiger charge is -2.12. The maximum atomic E-state index is 3.74. The van der Waals surface area contributed by atoms with Crippen LogP contribution in [-0.2, 0) is 6.54 Å². The van der Waals surface area contributed by atoms with Crippen LogP contribution in [0.2, 0.25) is 0 Å². The zero-order chi connectivity index (χ0) is 13.7. The van der Waals surface area contributed by atoms with Gasteiger partial charge in [0.2, 0.25) is 0 Å². The second-order valence-electron chi connectivity index (χ2n) is 7.12. The largest absolute Gasteiger partial charge is 0.309 e. The summed E-state index contributed by atoms with van der Waals surface area (Å²) >= 11 is 0. The van der Waals surface area contributed by atoms with Gasteiger partial charge in [-0.2, -0.15) is 0 Å². The molecule has 18 heavy (non-hydrogen) atoms. The Labute approximate surface area is 112 Å². The molecule has 0 heterocycles. The van der Waals surface area contributed by atoms with Crippen molar-refractivity contribution in [2.45, 2.75) is 61.1 Å². The van der Waals surface area contributed by atoms with Crippen molar-refractivity contribution in [3.63, 3.8) is 0 Å². The summed E-state index contributed by atoms with van der Waals surface area (Å²) in [6.07, 6.45) is 0. The lowest BCUT2D eigenvalue weighted by molar-refractivity contribution is 0.457. The highest BCUT2D eigenvalue weighted by atomic mass is 15.0. The molecule has 0 atom stereocenters. The third-order valence-electron chi connectivity index (χ3n) is 5.47. The second kappa shape index (κ2) is 4.09. The fourth-order valence-electron chi connectivity index (χ4n) is 3.13. The van der Waals surface area contributed by atoms with Gasteiger partial charge in [0.1, 0.15) is 0 Å². The fraction of sp³-hybridized carbons (Fsp3) is 0.647. The lowest BCUT2D eigenvalue weighted by Crippen LogP contribution is -2.22. The molecule has 1 fully saturated rings. The Balaban J connectivity index is 2.07. The number of rotatable bonds is 3. The van der Waals surface area contributed by atoms with Crippen LogP contribution in [0.1, 0.15) is 49.9 Å². The number of nitrogens with one attached hydrogen (secondary N) is 1. The molecule has 0 radical (unpaired) electrons. The van der Waals surface area contributed by atoms with Gasteiger partial charge in [0.25, 0.3) is 0 Å². The summed E-state index contributed by atoms with van der Waals surface area (Å²) in [7, 11) is 0. The summed E-state index contributed by atoms with van der Waals surface area (Å²) in [5.41, 5.74) is 6.47. The third kappa shape index (κ3) is 1.99.